The highest BCUT2D eigenvalue weighted by Gasteiger charge is 2.60. The highest BCUT2D eigenvalue weighted by Crippen LogP contribution is 2.63. The smallest absolute Gasteiger partial charge is 0.307 e. The summed E-state index contributed by atoms with van der Waals surface area (Å²) in [6, 6.07) is 0. The number of carboxylic acid groups (broad SMARTS) is 1. The van der Waals surface area contributed by atoms with Crippen LogP contribution in [0.1, 0.15) is 79.1 Å². The molecule has 0 radical (unpaired) electrons. The van der Waals surface area contributed by atoms with Crippen LogP contribution in [0, 0.1) is 22.7 Å². The molecule has 0 aromatic rings. The van der Waals surface area contributed by atoms with E-state index < -0.39 is 11.6 Å². The molecule has 2 aliphatic rings. The number of hydrogen-bond acceptors (Lipinski definition) is 2. The second-order valence-corrected chi connectivity index (χ2v) is 9.04. The third kappa shape index (κ3) is 3.22. The lowest BCUT2D eigenvalue weighted by atomic mass is 9.44. The standard InChI is InChI=1S/C20H34O3/c1-14(13-17(21)22)9-12-20(23)15(2)7-8-16-18(3,4)10-6-11-19(16,20)5/h15-16,23H,1,6-13H2,2-5H3,(H,21,22)/t15-,16-,19-,20+/m0/s1. The first-order valence-electron chi connectivity index (χ1n) is 9.14. The average molecular weight is 322 g/mol. The molecule has 3 nitrogen and oxygen atoms in total. The van der Waals surface area contributed by atoms with Gasteiger partial charge in [-0.15, -0.1) is 0 Å². The van der Waals surface area contributed by atoms with E-state index >= 15 is 0 Å². The monoisotopic (exact) mass is 322 g/mol. The van der Waals surface area contributed by atoms with Crippen LogP contribution in [-0.4, -0.2) is 21.8 Å². The first-order chi connectivity index (χ1) is 10.5. The molecule has 0 amide bonds. The lowest BCUT2D eigenvalue weighted by Gasteiger charge is -2.63. The van der Waals surface area contributed by atoms with Gasteiger partial charge in [0, 0.05) is 0 Å². The zero-order valence-corrected chi connectivity index (χ0v) is 15.3. The van der Waals surface area contributed by atoms with E-state index in [0.29, 0.717) is 18.8 Å². The molecule has 2 rings (SSSR count). The van der Waals surface area contributed by atoms with E-state index in [1.165, 1.54) is 19.3 Å². The minimum atomic E-state index is -0.832. The van der Waals surface area contributed by atoms with E-state index in [1.54, 1.807) is 0 Å². The Morgan fingerprint density at radius 2 is 1.87 bits per heavy atom. The van der Waals surface area contributed by atoms with Gasteiger partial charge >= 0.3 is 5.97 Å². The van der Waals surface area contributed by atoms with Crippen LogP contribution < -0.4 is 0 Å². The summed E-state index contributed by atoms with van der Waals surface area (Å²) in [4.78, 5) is 10.9. The molecule has 2 N–H and O–H groups in total. The molecule has 23 heavy (non-hydrogen) atoms. The Labute approximate surface area is 141 Å². The maximum absolute atomic E-state index is 11.7. The summed E-state index contributed by atoms with van der Waals surface area (Å²) in [7, 11) is 0. The van der Waals surface area contributed by atoms with E-state index in [0.717, 1.165) is 18.4 Å². The maximum atomic E-state index is 11.7. The van der Waals surface area contributed by atoms with Gasteiger partial charge in [-0.25, -0.2) is 0 Å². The minimum absolute atomic E-state index is 0.0100. The van der Waals surface area contributed by atoms with Crippen LogP contribution in [0.4, 0.5) is 0 Å². The Morgan fingerprint density at radius 3 is 2.48 bits per heavy atom. The highest BCUT2D eigenvalue weighted by atomic mass is 16.4. The maximum Gasteiger partial charge on any atom is 0.307 e. The molecule has 3 heteroatoms. The van der Waals surface area contributed by atoms with Crippen LogP contribution in [0.15, 0.2) is 12.2 Å². The Hall–Kier alpha value is -0.830. The molecule has 0 bridgehead atoms. The predicted molar refractivity (Wildman–Crippen MR) is 93.2 cm³/mol. The van der Waals surface area contributed by atoms with Crippen molar-refractivity contribution in [2.24, 2.45) is 22.7 Å². The van der Waals surface area contributed by atoms with Gasteiger partial charge in [0.05, 0.1) is 12.0 Å². The third-order valence-corrected chi connectivity index (χ3v) is 7.18. The number of carbonyl (C=O) groups is 1. The van der Waals surface area contributed by atoms with Crippen molar-refractivity contribution in [3.63, 3.8) is 0 Å². The molecule has 0 aliphatic heterocycles. The summed E-state index contributed by atoms with van der Waals surface area (Å²) in [6.45, 7) is 13.1. The van der Waals surface area contributed by atoms with Crippen molar-refractivity contribution < 1.29 is 15.0 Å². The van der Waals surface area contributed by atoms with Crippen LogP contribution in [0.3, 0.4) is 0 Å². The van der Waals surface area contributed by atoms with Crippen molar-refractivity contribution in [3.8, 4) is 0 Å². The summed E-state index contributed by atoms with van der Waals surface area (Å²) in [5, 5.41) is 20.6. The van der Waals surface area contributed by atoms with E-state index in [9.17, 15) is 9.90 Å². The second kappa shape index (κ2) is 6.23. The Morgan fingerprint density at radius 1 is 1.22 bits per heavy atom. The fourth-order valence-electron chi connectivity index (χ4n) is 5.77. The van der Waals surface area contributed by atoms with Crippen molar-refractivity contribution in [2.75, 3.05) is 0 Å². The molecular weight excluding hydrogens is 288 g/mol. The number of aliphatic carboxylic acids is 1. The molecule has 0 aromatic carbocycles. The minimum Gasteiger partial charge on any atom is -0.481 e. The zero-order valence-electron chi connectivity index (χ0n) is 15.3. The average Bonchev–Trinajstić information content (AvgIpc) is 2.41. The van der Waals surface area contributed by atoms with Gasteiger partial charge in [0.2, 0.25) is 0 Å². The molecular formula is C20H34O3. The number of rotatable bonds is 5. The van der Waals surface area contributed by atoms with Gasteiger partial charge in [-0.05, 0) is 61.2 Å². The lowest BCUT2D eigenvalue weighted by Crippen LogP contribution is -2.62. The third-order valence-electron chi connectivity index (χ3n) is 7.18. The number of hydrogen-bond donors (Lipinski definition) is 2. The first kappa shape index (κ1) is 18.5. The van der Waals surface area contributed by atoms with Crippen LogP contribution in [0.25, 0.3) is 0 Å². The first-order valence-corrected chi connectivity index (χ1v) is 9.14. The summed E-state index contributed by atoms with van der Waals surface area (Å²) >= 11 is 0. The zero-order chi connectivity index (χ0) is 17.5. The van der Waals surface area contributed by atoms with Crippen LogP contribution >= 0.6 is 0 Å². The summed E-state index contributed by atoms with van der Waals surface area (Å²) < 4.78 is 0. The molecule has 0 saturated heterocycles. The van der Waals surface area contributed by atoms with Gasteiger partial charge < -0.3 is 10.2 Å². The van der Waals surface area contributed by atoms with E-state index in [2.05, 4.69) is 34.3 Å². The van der Waals surface area contributed by atoms with E-state index in [-0.39, 0.29) is 23.2 Å². The Bertz CT molecular complexity index is 481. The Balaban J connectivity index is 2.22. The van der Waals surface area contributed by atoms with E-state index in [1.807, 2.05) is 0 Å². The van der Waals surface area contributed by atoms with Crippen LogP contribution in [0.2, 0.25) is 0 Å². The highest BCUT2D eigenvalue weighted by molar-refractivity contribution is 5.69. The summed E-state index contributed by atoms with van der Waals surface area (Å²) in [6.07, 6.45) is 7.01. The molecule has 132 valence electrons. The van der Waals surface area contributed by atoms with Gasteiger partial charge in [0.25, 0.3) is 0 Å². The molecule has 0 heterocycles. The normalized spacial score (nSPS) is 39.5. The predicted octanol–water partition coefficient (Wildman–Crippen LogP) is 4.79. The number of aliphatic hydroxyl groups is 1. The molecule has 0 unspecified atom stereocenters. The lowest BCUT2D eigenvalue weighted by molar-refractivity contribution is -0.211. The fraction of sp³-hybridized carbons (Fsp3) is 0.850. The summed E-state index contributed by atoms with van der Waals surface area (Å²) in [5.41, 5.74) is 0.211. The van der Waals surface area contributed by atoms with Crippen molar-refractivity contribution in [1.29, 1.82) is 0 Å². The van der Waals surface area contributed by atoms with Gasteiger partial charge in [0.15, 0.2) is 0 Å². The quantitative estimate of drug-likeness (QED) is 0.715. The number of carboxylic acids is 1. The van der Waals surface area contributed by atoms with Crippen molar-refractivity contribution >= 4 is 5.97 Å². The molecule has 4 atom stereocenters. The van der Waals surface area contributed by atoms with E-state index in [4.69, 9.17) is 5.11 Å². The molecule has 2 fully saturated rings. The molecule has 0 spiro atoms. The molecule has 0 aromatic heterocycles. The topological polar surface area (TPSA) is 57.5 Å². The van der Waals surface area contributed by atoms with Crippen molar-refractivity contribution in [2.45, 2.75) is 84.7 Å². The summed E-state index contributed by atoms with van der Waals surface area (Å²) in [5.74, 6) is -0.0328. The van der Waals surface area contributed by atoms with Crippen molar-refractivity contribution in [1.82, 2.24) is 0 Å². The number of fused-ring (bicyclic) bond motifs is 1. The Kier molecular flexibility index (Phi) is 5.02. The largest absolute Gasteiger partial charge is 0.481 e. The van der Waals surface area contributed by atoms with Gasteiger partial charge in [-0.1, -0.05) is 46.3 Å². The van der Waals surface area contributed by atoms with Crippen molar-refractivity contribution in [3.05, 3.63) is 12.2 Å². The fourth-order valence-corrected chi connectivity index (χ4v) is 5.77. The van der Waals surface area contributed by atoms with Gasteiger partial charge in [-0.3, -0.25) is 4.79 Å². The van der Waals surface area contributed by atoms with Crippen LogP contribution in [-0.2, 0) is 4.79 Å². The molecule has 2 saturated carbocycles. The van der Waals surface area contributed by atoms with Gasteiger partial charge in [-0.2, -0.15) is 0 Å². The molecule has 2 aliphatic carbocycles. The second-order valence-electron chi connectivity index (χ2n) is 9.04. The SMILES string of the molecule is C=C(CC[C@@]1(O)[C@@H](C)CC[C@H]2C(C)(C)CCC[C@@]21C)CC(=O)O. The van der Waals surface area contributed by atoms with Gasteiger partial charge in [0.1, 0.15) is 0 Å². The van der Waals surface area contributed by atoms with Crippen LogP contribution in [0.5, 0.6) is 0 Å².